The second-order valence-electron chi connectivity index (χ2n) is 6.57. The molecule has 0 fully saturated rings. The largest absolute Gasteiger partial charge is 0.303 e. The maximum Gasteiger partial charge on any atom is 0.126 e. The van der Waals surface area contributed by atoms with Crippen LogP contribution < -0.4 is 0 Å². The van der Waals surface area contributed by atoms with E-state index in [2.05, 4.69) is 53.5 Å². The number of aldehydes is 1. The maximum absolute atomic E-state index is 11.3. The van der Waals surface area contributed by atoms with Crippen molar-refractivity contribution in [3.05, 3.63) is 77.9 Å². The first-order valence-corrected chi connectivity index (χ1v) is 8.03. The summed E-state index contributed by atoms with van der Waals surface area (Å²) in [6, 6.07) is 20.7. The van der Waals surface area contributed by atoms with E-state index < -0.39 is 0 Å². The summed E-state index contributed by atoms with van der Waals surface area (Å²) in [5.74, 6) is 0. The highest BCUT2D eigenvalue weighted by molar-refractivity contribution is 5.58. The molecule has 0 unspecified atom stereocenters. The number of carbonyl (C=O) groups excluding carboxylic acids is 1. The Morgan fingerprint density at radius 1 is 0.957 bits per heavy atom. The van der Waals surface area contributed by atoms with Crippen LogP contribution in [0, 0.1) is 5.41 Å². The summed E-state index contributed by atoms with van der Waals surface area (Å²) in [4.78, 5) is 13.6. The molecule has 0 N–H and O–H groups in total. The van der Waals surface area contributed by atoms with Crippen LogP contribution in [0.2, 0.25) is 0 Å². The normalized spacial score (nSPS) is 12.0. The minimum absolute atomic E-state index is 0.338. The van der Waals surface area contributed by atoms with Crippen LogP contribution in [0.1, 0.15) is 25.0 Å². The van der Waals surface area contributed by atoms with Crippen molar-refractivity contribution in [2.75, 3.05) is 13.1 Å². The van der Waals surface area contributed by atoms with Crippen molar-refractivity contribution in [1.29, 1.82) is 0 Å². The molecule has 2 aromatic carbocycles. The van der Waals surface area contributed by atoms with Crippen LogP contribution in [0.3, 0.4) is 0 Å². The Labute approximate surface area is 139 Å². The predicted molar refractivity (Wildman–Crippen MR) is 97.0 cm³/mol. The zero-order chi connectivity index (χ0) is 16.5. The van der Waals surface area contributed by atoms with E-state index in [0.29, 0.717) is 0 Å². The molecule has 2 aromatic rings. The monoisotopic (exact) mass is 307 g/mol. The van der Waals surface area contributed by atoms with Crippen LogP contribution in [-0.2, 0) is 11.3 Å². The first-order valence-electron chi connectivity index (χ1n) is 8.03. The van der Waals surface area contributed by atoms with Gasteiger partial charge in [-0.15, -0.1) is 0 Å². The molecule has 0 aliphatic heterocycles. The van der Waals surface area contributed by atoms with Gasteiger partial charge < -0.3 is 4.79 Å². The highest BCUT2D eigenvalue weighted by Crippen LogP contribution is 2.16. The van der Waals surface area contributed by atoms with E-state index in [0.717, 1.165) is 25.9 Å². The average molecular weight is 307 g/mol. The molecule has 0 aliphatic rings. The Kier molecular flexibility index (Phi) is 6.30. The highest BCUT2D eigenvalue weighted by Gasteiger charge is 2.20. The van der Waals surface area contributed by atoms with Gasteiger partial charge in [0.05, 0.1) is 0 Å². The van der Waals surface area contributed by atoms with Gasteiger partial charge in [-0.2, -0.15) is 0 Å². The molecule has 120 valence electrons. The van der Waals surface area contributed by atoms with E-state index in [9.17, 15) is 4.79 Å². The second kappa shape index (κ2) is 8.44. The second-order valence-corrected chi connectivity index (χ2v) is 6.57. The minimum Gasteiger partial charge on any atom is -0.303 e. The molecule has 2 nitrogen and oxygen atoms in total. The Morgan fingerprint density at radius 2 is 1.57 bits per heavy atom. The first-order chi connectivity index (χ1) is 11.1. The standard InChI is InChI=1S/C21H25NO/c1-21(2,18-23)17-22(16-20-12-7-4-8-13-20)15-9-14-19-10-5-3-6-11-19/h3-14,18H,15-17H2,1-2H3/b14-9+. The van der Waals surface area contributed by atoms with Crippen molar-refractivity contribution in [3.8, 4) is 0 Å². The molecule has 0 spiro atoms. The molecule has 0 bridgehead atoms. The zero-order valence-electron chi connectivity index (χ0n) is 14.0. The van der Waals surface area contributed by atoms with E-state index in [-0.39, 0.29) is 5.41 Å². The van der Waals surface area contributed by atoms with E-state index in [1.54, 1.807) is 0 Å². The summed E-state index contributed by atoms with van der Waals surface area (Å²) in [7, 11) is 0. The molecular formula is C21H25NO. The number of nitrogens with zero attached hydrogens (tertiary/aromatic N) is 1. The SMILES string of the molecule is CC(C)(C=O)CN(C/C=C/c1ccccc1)Cc1ccccc1. The molecule has 2 heteroatoms. The fraction of sp³-hybridized carbons (Fsp3) is 0.286. The predicted octanol–water partition coefficient (Wildman–Crippen LogP) is 4.43. The van der Waals surface area contributed by atoms with E-state index >= 15 is 0 Å². The van der Waals surface area contributed by atoms with Crippen molar-refractivity contribution in [2.45, 2.75) is 20.4 Å². The average Bonchev–Trinajstić information content (AvgIpc) is 2.56. The molecule has 0 aromatic heterocycles. The Bertz CT molecular complexity index is 617. The van der Waals surface area contributed by atoms with Crippen molar-refractivity contribution in [3.63, 3.8) is 0 Å². The fourth-order valence-corrected chi connectivity index (χ4v) is 2.54. The topological polar surface area (TPSA) is 20.3 Å². The van der Waals surface area contributed by atoms with Crippen molar-refractivity contribution in [1.82, 2.24) is 4.90 Å². The summed E-state index contributed by atoms with van der Waals surface area (Å²) in [5.41, 5.74) is 2.12. The van der Waals surface area contributed by atoms with Gasteiger partial charge >= 0.3 is 0 Å². The molecule has 0 atom stereocenters. The number of hydrogen-bond donors (Lipinski definition) is 0. The number of hydrogen-bond acceptors (Lipinski definition) is 2. The molecule has 2 rings (SSSR count). The van der Waals surface area contributed by atoms with Crippen molar-refractivity contribution < 1.29 is 4.79 Å². The van der Waals surface area contributed by atoms with Gasteiger partial charge in [-0.3, -0.25) is 4.90 Å². The maximum atomic E-state index is 11.3. The van der Waals surface area contributed by atoms with E-state index in [4.69, 9.17) is 0 Å². The third kappa shape index (κ3) is 6.21. The third-order valence-corrected chi connectivity index (χ3v) is 3.67. The summed E-state index contributed by atoms with van der Waals surface area (Å²) in [6.45, 7) is 6.38. The molecule has 0 radical (unpaired) electrons. The van der Waals surface area contributed by atoms with Gasteiger partial charge in [0.2, 0.25) is 0 Å². The lowest BCUT2D eigenvalue weighted by molar-refractivity contribution is -0.115. The van der Waals surface area contributed by atoms with E-state index in [1.807, 2.05) is 38.1 Å². The van der Waals surface area contributed by atoms with Crippen molar-refractivity contribution in [2.24, 2.45) is 5.41 Å². The number of benzene rings is 2. The Morgan fingerprint density at radius 3 is 2.17 bits per heavy atom. The summed E-state index contributed by atoms with van der Waals surface area (Å²) < 4.78 is 0. The fourth-order valence-electron chi connectivity index (χ4n) is 2.54. The van der Waals surface area contributed by atoms with Crippen LogP contribution in [0.25, 0.3) is 6.08 Å². The van der Waals surface area contributed by atoms with Crippen molar-refractivity contribution >= 4 is 12.4 Å². The number of rotatable bonds is 8. The molecular weight excluding hydrogens is 282 g/mol. The molecule has 23 heavy (non-hydrogen) atoms. The summed E-state index contributed by atoms with van der Waals surface area (Å²) in [6.07, 6.45) is 5.34. The summed E-state index contributed by atoms with van der Waals surface area (Å²) >= 11 is 0. The Balaban J connectivity index is 2.03. The quantitative estimate of drug-likeness (QED) is 0.673. The van der Waals surface area contributed by atoms with Gasteiger partial charge in [-0.1, -0.05) is 86.7 Å². The molecule has 0 saturated carbocycles. The van der Waals surface area contributed by atoms with Crippen LogP contribution in [0.4, 0.5) is 0 Å². The van der Waals surface area contributed by atoms with Gasteiger partial charge in [0.1, 0.15) is 6.29 Å². The van der Waals surface area contributed by atoms with Crippen LogP contribution in [-0.4, -0.2) is 24.3 Å². The van der Waals surface area contributed by atoms with Gasteiger partial charge in [-0.05, 0) is 11.1 Å². The van der Waals surface area contributed by atoms with E-state index in [1.165, 1.54) is 11.1 Å². The molecule has 0 amide bonds. The van der Waals surface area contributed by atoms with Gasteiger partial charge in [-0.25, -0.2) is 0 Å². The van der Waals surface area contributed by atoms with Gasteiger partial charge in [0, 0.05) is 25.0 Å². The summed E-state index contributed by atoms with van der Waals surface area (Å²) in [5, 5.41) is 0. The lowest BCUT2D eigenvalue weighted by atomic mass is 9.95. The third-order valence-electron chi connectivity index (χ3n) is 3.67. The molecule has 0 saturated heterocycles. The van der Waals surface area contributed by atoms with Crippen LogP contribution >= 0.6 is 0 Å². The smallest absolute Gasteiger partial charge is 0.126 e. The van der Waals surface area contributed by atoms with Gasteiger partial charge in [0.15, 0.2) is 0 Å². The Hall–Kier alpha value is -2.19. The lowest BCUT2D eigenvalue weighted by Crippen LogP contribution is -2.35. The molecule has 0 aliphatic carbocycles. The van der Waals surface area contributed by atoms with Crippen LogP contribution in [0.15, 0.2) is 66.7 Å². The minimum atomic E-state index is -0.338. The van der Waals surface area contributed by atoms with Crippen LogP contribution in [0.5, 0.6) is 0 Å². The number of carbonyl (C=O) groups is 1. The zero-order valence-corrected chi connectivity index (χ0v) is 14.0. The highest BCUT2D eigenvalue weighted by atomic mass is 16.1. The molecule has 0 heterocycles. The first kappa shape index (κ1) is 17.2. The van der Waals surface area contributed by atoms with Gasteiger partial charge in [0.25, 0.3) is 0 Å². The lowest BCUT2D eigenvalue weighted by Gasteiger charge is -2.28.